The third kappa shape index (κ3) is 5.21. The number of hydrogen-bond donors (Lipinski definition) is 1. The number of aromatic nitrogens is 2. The first-order valence-corrected chi connectivity index (χ1v) is 7.16. The Kier molecular flexibility index (Phi) is 5.86. The fraction of sp³-hybridized carbons (Fsp3) is 0.800. The van der Waals surface area contributed by atoms with Crippen LogP contribution in [0.25, 0.3) is 0 Å². The third-order valence-corrected chi connectivity index (χ3v) is 3.57. The minimum absolute atomic E-state index is 0.398. The van der Waals surface area contributed by atoms with Crippen molar-refractivity contribution in [2.24, 2.45) is 12.5 Å². The monoisotopic (exact) mass is 251 g/mol. The van der Waals surface area contributed by atoms with E-state index in [0.29, 0.717) is 11.5 Å². The second kappa shape index (κ2) is 6.93. The zero-order valence-corrected chi connectivity index (χ0v) is 12.7. The fourth-order valence-electron chi connectivity index (χ4n) is 2.40. The van der Waals surface area contributed by atoms with Gasteiger partial charge in [-0.2, -0.15) is 5.10 Å². The second-order valence-electron chi connectivity index (χ2n) is 6.12. The predicted molar refractivity (Wildman–Crippen MR) is 77.7 cm³/mol. The average molecular weight is 251 g/mol. The Balaban J connectivity index is 2.50. The molecule has 1 aromatic heterocycles. The SMILES string of the molecule is CCCC(C)(CCc1cnn(C)c1)CNC(C)C. The molecule has 3 nitrogen and oxygen atoms in total. The molecule has 0 aliphatic carbocycles. The maximum absolute atomic E-state index is 4.24. The van der Waals surface area contributed by atoms with Crippen LogP contribution in [0.15, 0.2) is 12.4 Å². The summed E-state index contributed by atoms with van der Waals surface area (Å²) in [4.78, 5) is 0. The van der Waals surface area contributed by atoms with E-state index in [1.807, 2.05) is 17.9 Å². The van der Waals surface area contributed by atoms with E-state index in [0.717, 1.165) is 13.0 Å². The molecule has 0 aliphatic heterocycles. The number of aryl methyl sites for hydroxylation is 2. The lowest BCUT2D eigenvalue weighted by molar-refractivity contribution is 0.248. The van der Waals surface area contributed by atoms with Crippen LogP contribution in [0.4, 0.5) is 0 Å². The minimum atomic E-state index is 0.398. The van der Waals surface area contributed by atoms with Crippen molar-refractivity contribution in [1.29, 1.82) is 0 Å². The van der Waals surface area contributed by atoms with Gasteiger partial charge < -0.3 is 5.32 Å². The summed E-state index contributed by atoms with van der Waals surface area (Å²) in [7, 11) is 1.98. The highest BCUT2D eigenvalue weighted by Gasteiger charge is 2.23. The normalized spacial score (nSPS) is 15.0. The van der Waals surface area contributed by atoms with E-state index in [1.165, 1.54) is 24.8 Å². The lowest BCUT2D eigenvalue weighted by Crippen LogP contribution is -2.36. The molecule has 1 rings (SSSR count). The van der Waals surface area contributed by atoms with Crippen LogP contribution in [0.5, 0.6) is 0 Å². The molecule has 0 saturated carbocycles. The van der Waals surface area contributed by atoms with Gasteiger partial charge in [-0.15, -0.1) is 0 Å². The molecule has 0 radical (unpaired) electrons. The highest BCUT2D eigenvalue weighted by molar-refractivity contribution is 5.04. The van der Waals surface area contributed by atoms with Crippen molar-refractivity contribution in [2.45, 2.75) is 59.4 Å². The van der Waals surface area contributed by atoms with Crippen LogP contribution in [0, 0.1) is 5.41 Å². The van der Waals surface area contributed by atoms with E-state index in [4.69, 9.17) is 0 Å². The predicted octanol–water partition coefficient (Wildman–Crippen LogP) is 3.16. The number of nitrogens with zero attached hydrogens (tertiary/aromatic N) is 2. The van der Waals surface area contributed by atoms with E-state index >= 15 is 0 Å². The molecule has 0 spiro atoms. The molecule has 1 N–H and O–H groups in total. The Morgan fingerprint density at radius 1 is 1.39 bits per heavy atom. The van der Waals surface area contributed by atoms with Crippen molar-refractivity contribution in [3.05, 3.63) is 18.0 Å². The smallest absolute Gasteiger partial charge is 0.0521 e. The Morgan fingerprint density at radius 3 is 2.61 bits per heavy atom. The highest BCUT2D eigenvalue weighted by Crippen LogP contribution is 2.28. The quantitative estimate of drug-likeness (QED) is 0.769. The number of hydrogen-bond acceptors (Lipinski definition) is 2. The molecule has 0 fully saturated rings. The molecule has 3 heteroatoms. The first-order chi connectivity index (χ1) is 8.45. The molecule has 1 aromatic rings. The average Bonchev–Trinajstić information content (AvgIpc) is 2.71. The van der Waals surface area contributed by atoms with Crippen molar-refractivity contribution in [3.8, 4) is 0 Å². The van der Waals surface area contributed by atoms with Crippen LogP contribution >= 0.6 is 0 Å². The number of nitrogens with one attached hydrogen (secondary N) is 1. The molecule has 0 aromatic carbocycles. The van der Waals surface area contributed by atoms with E-state index < -0.39 is 0 Å². The van der Waals surface area contributed by atoms with Gasteiger partial charge in [0.05, 0.1) is 6.20 Å². The van der Waals surface area contributed by atoms with Gasteiger partial charge in [-0.1, -0.05) is 34.1 Å². The van der Waals surface area contributed by atoms with Gasteiger partial charge in [0.1, 0.15) is 0 Å². The van der Waals surface area contributed by atoms with Crippen LogP contribution < -0.4 is 5.32 Å². The standard InChI is InChI=1S/C15H29N3/c1-6-8-15(4,12-16-13(2)3)9-7-14-10-17-18(5)11-14/h10-11,13,16H,6-9,12H2,1-5H3. The molecular formula is C15H29N3. The summed E-state index contributed by atoms with van der Waals surface area (Å²) in [5, 5.41) is 7.83. The summed E-state index contributed by atoms with van der Waals surface area (Å²) in [5.74, 6) is 0. The molecule has 1 heterocycles. The van der Waals surface area contributed by atoms with Gasteiger partial charge in [-0.3, -0.25) is 4.68 Å². The number of rotatable bonds is 8. The van der Waals surface area contributed by atoms with Gasteiger partial charge >= 0.3 is 0 Å². The maximum atomic E-state index is 4.24. The molecule has 104 valence electrons. The van der Waals surface area contributed by atoms with Gasteiger partial charge in [-0.25, -0.2) is 0 Å². The molecular weight excluding hydrogens is 222 g/mol. The summed E-state index contributed by atoms with van der Waals surface area (Å²) in [6, 6.07) is 0.569. The van der Waals surface area contributed by atoms with E-state index in [2.05, 4.69) is 44.3 Å². The minimum Gasteiger partial charge on any atom is -0.314 e. The fourth-order valence-corrected chi connectivity index (χ4v) is 2.40. The summed E-state index contributed by atoms with van der Waals surface area (Å²) in [6.07, 6.45) is 9.01. The van der Waals surface area contributed by atoms with Crippen molar-refractivity contribution in [3.63, 3.8) is 0 Å². The third-order valence-electron chi connectivity index (χ3n) is 3.57. The topological polar surface area (TPSA) is 29.9 Å². The maximum Gasteiger partial charge on any atom is 0.0521 e. The molecule has 0 aliphatic rings. The Bertz CT molecular complexity index is 343. The summed E-state index contributed by atoms with van der Waals surface area (Å²) < 4.78 is 1.89. The molecule has 1 unspecified atom stereocenters. The summed E-state index contributed by atoms with van der Waals surface area (Å²) >= 11 is 0. The van der Waals surface area contributed by atoms with E-state index in [9.17, 15) is 0 Å². The largest absolute Gasteiger partial charge is 0.314 e. The zero-order chi connectivity index (χ0) is 13.6. The highest BCUT2D eigenvalue weighted by atomic mass is 15.2. The second-order valence-corrected chi connectivity index (χ2v) is 6.12. The van der Waals surface area contributed by atoms with Crippen molar-refractivity contribution < 1.29 is 0 Å². The summed E-state index contributed by atoms with van der Waals surface area (Å²) in [5.41, 5.74) is 1.75. The van der Waals surface area contributed by atoms with Crippen molar-refractivity contribution in [2.75, 3.05) is 6.54 Å². The van der Waals surface area contributed by atoms with Gasteiger partial charge in [0.15, 0.2) is 0 Å². The zero-order valence-electron chi connectivity index (χ0n) is 12.7. The lowest BCUT2D eigenvalue weighted by Gasteiger charge is -2.30. The van der Waals surface area contributed by atoms with Crippen LogP contribution in [0.3, 0.4) is 0 Å². The van der Waals surface area contributed by atoms with Gasteiger partial charge in [0.25, 0.3) is 0 Å². The van der Waals surface area contributed by atoms with Gasteiger partial charge in [0.2, 0.25) is 0 Å². The molecule has 1 atom stereocenters. The lowest BCUT2D eigenvalue weighted by atomic mass is 9.80. The Morgan fingerprint density at radius 2 is 2.11 bits per heavy atom. The Hall–Kier alpha value is -0.830. The first-order valence-electron chi connectivity index (χ1n) is 7.16. The van der Waals surface area contributed by atoms with E-state index in [-0.39, 0.29) is 0 Å². The van der Waals surface area contributed by atoms with Crippen molar-refractivity contribution in [1.82, 2.24) is 15.1 Å². The van der Waals surface area contributed by atoms with Crippen LogP contribution in [-0.4, -0.2) is 22.4 Å². The molecule has 0 saturated heterocycles. The summed E-state index contributed by atoms with van der Waals surface area (Å²) in [6.45, 7) is 10.2. The van der Waals surface area contributed by atoms with Crippen LogP contribution in [0.2, 0.25) is 0 Å². The molecule has 0 amide bonds. The Labute approximate surface area is 112 Å². The van der Waals surface area contributed by atoms with E-state index in [1.54, 1.807) is 0 Å². The van der Waals surface area contributed by atoms with Gasteiger partial charge in [-0.05, 0) is 30.2 Å². The van der Waals surface area contributed by atoms with Crippen LogP contribution in [-0.2, 0) is 13.5 Å². The van der Waals surface area contributed by atoms with Crippen molar-refractivity contribution >= 4 is 0 Å². The molecule has 18 heavy (non-hydrogen) atoms. The first kappa shape index (κ1) is 15.2. The van der Waals surface area contributed by atoms with Gasteiger partial charge in [0, 0.05) is 25.8 Å². The van der Waals surface area contributed by atoms with Crippen LogP contribution in [0.1, 0.15) is 52.5 Å². The molecule has 0 bridgehead atoms.